The van der Waals surface area contributed by atoms with Gasteiger partial charge in [-0.2, -0.15) is 0 Å². The van der Waals surface area contributed by atoms with E-state index in [1.165, 1.54) is 0 Å². The Kier molecular flexibility index (Phi) is 3.48. The van der Waals surface area contributed by atoms with Crippen LogP contribution in [0.4, 0.5) is 5.82 Å². The maximum absolute atomic E-state index is 6.02. The second-order valence-electron chi connectivity index (χ2n) is 4.57. The van der Waals surface area contributed by atoms with Crippen LogP contribution in [0, 0.1) is 10.5 Å². The summed E-state index contributed by atoms with van der Waals surface area (Å²) in [5.74, 6) is 1.15. The van der Waals surface area contributed by atoms with Crippen molar-refractivity contribution in [2.24, 2.45) is 0 Å². The Bertz CT molecular complexity index is 765. The number of aromatic nitrogens is 1. The van der Waals surface area contributed by atoms with Crippen molar-refractivity contribution in [2.75, 3.05) is 5.73 Å². The Labute approximate surface area is 130 Å². The number of anilines is 1. The summed E-state index contributed by atoms with van der Waals surface area (Å²) in [4.78, 5) is 0. The number of hydrogen-bond donors (Lipinski definition) is 1. The summed E-state index contributed by atoms with van der Waals surface area (Å²) >= 11 is 2.29. The van der Waals surface area contributed by atoms with E-state index in [1.54, 1.807) is 0 Å². The Morgan fingerprint density at radius 1 is 1.00 bits per heavy atom. The smallest absolute Gasteiger partial charge is 0.177 e. The van der Waals surface area contributed by atoms with Crippen LogP contribution in [-0.2, 0) is 0 Å². The van der Waals surface area contributed by atoms with Crippen LogP contribution in [0.5, 0.6) is 0 Å². The summed E-state index contributed by atoms with van der Waals surface area (Å²) in [6.45, 7) is 2.06. The highest BCUT2D eigenvalue weighted by atomic mass is 127. The molecule has 0 fully saturated rings. The van der Waals surface area contributed by atoms with E-state index in [1.807, 2.05) is 42.5 Å². The molecule has 3 aromatic rings. The molecule has 0 unspecified atom stereocenters. The molecule has 0 spiro atoms. The quantitative estimate of drug-likeness (QED) is 0.670. The van der Waals surface area contributed by atoms with Gasteiger partial charge in [0.15, 0.2) is 11.6 Å². The van der Waals surface area contributed by atoms with E-state index >= 15 is 0 Å². The molecule has 0 amide bonds. The molecule has 100 valence electrons. The maximum Gasteiger partial charge on any atom is 0.177 e. The fraction of sp³-hybridized carbons (Fsp3) is 0.0625. The molecular weight excluding hydrogens is 363 g/mol. The first-order chi connectivity index (χ1) is 9.68. The molecule has 1 heterocycles. The van der Waals surface area contributed by atoms with Crippen LogP contribution >= 0.6 is 22.6 Å². The minimum absolute atomic E-state index is 0.425. The summed E-state index contributed by atoms with van der Waals surface area (Å²) in [7, 11) is 0. The number of rotatable bonds is 2. The summed E-state index contributed by atoms with van der Waals surface area (Å²) in [5.41, 5.74) is 10.1. The van der Waals surface area contributed by atoms with Crippen LogP contribution < -0.4 is 5.73 Å². The Morgan fingerprint density at radius 3 is 2.35 bits per heavy atom. The highest BCUT2D eigenvalue weighted by Crippen LogP contribution is 2.39. The monoisotopic (exact) mass is 376 g/mol. The van der Waals surface area contributed by atoms with Gasteiger partial charge in [0.25, 0.3) is 0 Å². The molecule has 0 saturated carbocycles. The first kappa shape index (κ1) is 13.2. The zero-order valence-electron chi connectivity index (χ0n) is 10.9. The van der Waals surface area contributed by atoms with Crippen LogP contribution in [0.2, 0.25) is 0 Å². The predicted octanol–water partition coefficient (Wildman–Crippen LogP) is 4.50. The molecule has 3 nitrogen and oxygen atoms in total. The van der Waals surface area contributed by atoms with Crippen molar-refractivity contribution in [3.05, 3.63) is 57.7 Å². The van der Waals surface area contributed by atoms with Gasteiger partial charge in [0, 0.05) is 9.13 Å². The zero-order valence-corrected chi connectivity index (χ0v) is 13.1. The second kappa shape index (κ2) is 5.28. The standard InChI is InChI=1S/C16H13IN2O/c1-10-6-2-3-7-11(10)14-15(20-19-16(14)18)12-8-4-5-9-13(12)17/h2-9H,1H3,(H2,18,19). The number of aryl methyl sites for hydroxylation is 1. The fourth-order valence-electron chi connectivity index (χ4n) is 2.25. The van der Waals surface area contributed by atoms with Gasteiger partial charge in [0.2, 0.25) is 0 Å². The van der Waals surface area contributed by atoms with Crippen LogP contribution in [0.15, 0.2) is 53.1 Å². The van der Waals surface area contributed by atoms with Crippen molar-refractivity contribution >= 4 is 28.4 Å². The SMILES string of the molecule is Cc1ccccc1-c1c(N)noc1-c1ccccc1I. The highest BCUT2D eigenvalue weighted by Gasteiger charge is 2.20. The topological polar surface area (TPSA) is 52.0 Å². The van der Waals surface area contributed by atoms with E-state index in [0.29, 0.717) is 5.82 Å². The van der Waals surface area contributed by atoms with Gasteiger partial charge in [-0.15, -0.1) is 0 Å². The van der Waals surface area contributed by atoms with Crippen molar-refractivity contribution in [3.8, 4) is 22.5 Å². The molecule has 0 saturated heterocycles. The van der Waals surface area contributed by atoms with E-state index in [9.17, 15) is 0 Å². The van der Waals surface area contributed by atoms with E-state index in [0.717, 1.165) is 31.6 Å². The van der Waals surface area contributed by atoms with E-state index in [4.69, 9.17) is 10.3 Å². The van der Waals surface area contributed by atoms with E-state index in [-0.39, 0.29) is 0 Å². The molecule has 0 radical (unpaired) electrons. The summed E-state index contributed by atoms with van der Waals surface area (Å²) < 4.78 is 6.60. The lowest BCUT2D eigenvalue weighted by Crippen LogP contribution is -1.91. The summed E-state index contributed by atoms with van der Waals surface area (Å²) in [6, 6.07) is 16.1. The number of nitrogens with two attached hydrogens (primary N) is 1. The van der Waals surface area contributed by atoms with Gasteiger partial charge in [0.05, 0.1) is 5.56 Å². The Hall–Kier alpha value is -1.82. The van der Waals surface area contributed by atoms with Crippen LogP contribution in [-0.4, -0.2) is 5.16 Å². The molecular formula is C16H13IN2O. The molecule has 2 aromatic carbocycles. The van der Waals surface area contributed by atoms with Gasteiger partial charge in [-0.1, -0.05) is 47.6 Å². The van der Waals surface area contributed by atoms with E-state index < -0.39 is 0 Å². The molecule has 0 atom stereocenters. The fourth-order valence-corrected chi connectivity index (χ4v) is 2.88. The predicted molar refractivity (Wildman–Crippen MR) is 89.2 cm³/mol. The van der Waals surface area contributed by atoms with Gasteiger partial charge >= 0.3 is 0 Å². The average Bonchev–Trinajstić information content (AvgIpc) is 2.82. The van der Waals surface area contributed by atoms with Crippen molar-refractivity contribution < 1.29 is 4.52 Å². The second-order valence-corrected chi connectivity index (χ2v) is 5.73. The average molecular weight is 376 g/mol. The molecule has 0 aliphatic rings. The molecule has 3 rings (SSSR count). The van der Waals surface area contributed by atoms with Gasteiger partial charge in [-0.25, -0.2) is 0 Å². The third-order valence-electron chi connectivity index (χ3n) is 3.25. The van der Waals surface area contributed by atoms with Crippen LogP contribution in [0.3, 0.4) is 0 Å². The van der Waals surface area contributed by atoms with Crippen molar-refractivity contribution in [1.29, 1.82) is 0 Å². The van der Waals surface area contributed by atoms with Crippen molar-refractivity contribution in [3.63, 3.8) is 0 Å². The largest absolute Gasteiger partial charge is 0.380 e. The lowest BCUT2D eigenvalue weighted by Gasteiger charge is -2.07. The molecule has 0 bridgehead atoms. The lowest BCUT2D eigenvalue weighted by molar-refractivity contribution is 0.436. The normalized spacial score (nSPS) is 10.7. The Morgan fingerprint density at radius 2 is 1.65 bits per heavy atom. The zero-order chi connectivity index (χ0) is 14.1. The lowest BCUT2D eigenvalue weighted by atomic mass is 9.98. The number of nitrogen functional groups attached to an aromatic ring is 1. The van der Waals surface area contributed by atoms with Gasteiger partial charge in [0.1, 0.15) is 0 Å². The molecule has 20 heavy (non-hydrogen) atoms. The number of halogens is 1. The Balaban J connectivity index is 2.26. The highest BCUT2D eigenvalue weighted by molar-refractivity contribution is 14.1. The molecule has 1 aromatic heterocycles. The molecule has 0 aliphatic carbocycles. The van der Waals surface area contributed by atoms with Crippen LogP contribution in [0.1, 0.15) is 5.56 Å². The minimum Gasteiger partial charge on any atom is -0.380 e. The van der Waals surface area contributed by atoms with Crippen molar-refractivity contribution in [1.82, 2.24) is 5.16 Å². The molecule has 2 N–H and O–H groups in total. The summed E-state index contributed by atoms with van der Waals surface area (Å²) in [5, 5.41) is 3.95. The molecule has 0 aliphatic heterocycles. The maximum atomic E-state index is 6.02. The van der Waals surface area contributed by atoms with Crippen LogP contribution in [0.25, 0.3) is 22.5 Å². The van der Waals surface area contributed by atoms with Gasteiger partial charge in [-0.05, 0) is 46.7 Å². The number of nitrogens with zero attached hydrogens (tertiary/aromatic N) is 1. The van der Waals surface area contributed by atoms with Gasteiger partial charge < -0.3 is 10.3 Å². The minimum atomic E-state index is 0.425. The van der Waals surface area contributed by atoms with E-state index in [2.05, 4.69) is 40.7 Å². The summed E-state index contributed by atoms with van der Waals surface area (Å²) in [6.07, 6.45) is 0. The first-order valence-corrected chi connectivity index (χ1v) is 7.32. The third-order valence-corrected chi connectivity index (χ3v) is 4.19. The number of benzene rings is 2. The van der Waals surface area contributed by atoms with Gasteiger partial charge in [-0.3, -0.25) is 0 Å². The third kappa shape index (κ3) is 2.20. The van der Waals surface area contributed by atoms with Crippen molar-refractivity contribution in [2.45, 2.75) is 6.92 Å². The first-order valence-electron chi connectivity index (χ1n) is 6.24. The molecule has 4 heteroatoms. The number of hydrogen-bond acceptors (Lipinski definition) is 3.